The van der Waals surface area contributed by atoms with Crippen LogP contribution in [-0.2, 0) is 16.1 Å². The Bertz CT molecular complexity index is 544. The third-order valence-electron chi connectivity index (χ3n) is 4.33. The van der Waals surface area contributed by atoms with E-state index in [1.54, 1.807) is 16.8 Å². The zero-order chi connectivity index (χ0) is 16.1. The number of aryl methyl sites for hydroxylation is 1. The average molecular weight is 304 g/mol. The first kappa shape index (κ1) is 16.5. The number of benzene rings is 1. The molecule has 1 fully saturated rings. The van der Waals surface area contributed by atoms with Crippen molar-refractivity contribution in [2.24, 2.45) is 0 Å². The van der Waals surface area contributed by atoms with Gasteiger partial charge >= 0.3 is 5.97 Å². The molecule has 1 N–H and O–H groups in total. The van der Waals surface area contributed by atoms with Crippen LogP contribution in [0.3, 0.4) is 0 Å². The van der Waals surface area contributed by atoms with Crippen molar-refractivity contribution in [2.45, 2.75) is 38.8 Å². The van der Waals surface area contributed by atoms with Gasteiger partial charge in [-0.3, -0.25) is 14.5 Å². The fraction of sp³-hybridized carbons (Fsp3) is 0.529. The summed E-state index contributed by atoms with van der Waals surface area (Å²) in [6.07, 6.45) is 2.50. The molecule has 120 valence electrons. The fourth-order valence-corrected chi connectivity index (χ4v) is 2.89. The number of rotatable bonds is 5. The van der Waals surface area contributed by atoms with Crippen molar-refractivity contribution in [2.75, 3.05) is 20.1 Å². The summed E-state index contributed by atoms with van der Waals surface area (Å²) in [7, 11) is 1.77. The SMILES string of the molecule is Cc1ccccc1CN(C)C(=O)CN1CCCCC1C(=O)O. The van der Waals surface area contributed by atoms with Crippen molar-refractivity contribution in [3.8, 4) is 0 Å². The highest BCUT2D eigenvalue weighted by atomic mass is 16.4. The average Bonchev–Trinajstić information content (AvgIpc) is 2.49. The Kier molecular flexibility index (Phi) is 5.55. The van der Waals surface area contributed by atoms with E-state index in [1.165, 1.54) is 0 Å². The lowest BCUT2D eigenvalue weighted by Crippen LogP contribution is -2.49. The van der Waals surface area contributed by atoms with Crippen molar-refractivity contribution in [1.29, 1.82) is 0 Å². The summed E-state index contributed by atoms with van der Waals surface area (Å²) < 4.78 is 0. The maximum atomic E-state index is 12.4. The number of likely N-dealkylation sites (tertiary alicyclic amines) is 1. The van der Waals surface area contributed by atoms with Gasteiger partial charge in [0.05, 0.1) is 6.54 Å². The molecule has 1 amide bonds. The number of aliphatic carboxylic acids is 1. The molecule has 1 aliphatic rings. The number of amides is 1. The number of carboxylic acids is 1. The van der Waals surface area contributed by atoms with Gasteiger partial charge in [-0.1, -0.05) is 30.7 Å². The minimum absolute atomic E-state index is 0.0311. The lowest BCUT2D eigenvalue weighted by Gasteiger charge is -2.33. The van der Waals surface area contributed by atoms with Gasteiger partial charge in [0.2, 0.25) is 5.91 Å². The standard InChI is InChI=1S/C17H24N2O3/c1-13-7-3-4-8-14(13)11-18(2)16(20)12-19-10-6-5-9-15(19)17(21)22/h3-4,7-8,15H,5-6,9-12H2,1-2H3,(H,21,22). The first-order valence-corrected chi connectivity index (χ1v) is 7.74. The quantitative estimate of drug-likeness (QED) is 0.902. The third-order valence-corrected chi connectivity index (χ3v) is 4.33. The van der Waals surface area contributed by atoms with Crippen LogP contribution < -0.4 is 0 Å². The van der Waals surface area contributed by atoms with E-state index in [9.17, 15) is 14.7 Å². The predicted molar refractivity (Wildman–Crippen MR) is 84.5 cm³/mol. The molecular formula is C17H24N2O3. The van der Waals surface area contributed by atoms with Gasteiger partial charge in [0, 0.05) is 13.6 Å². The molecule has 22 heavy (non-hydrogen) atoms. The highest BCUT2D eigenvalue weighted by Gasteiger charge is 2.30. The van der Waals surface area contributed by atoms with Crippen molar-refractivity contribution in [3.63, 3.8) is 0 Å². The number of likely N-dealkylation sites (N-methyl/N-ethyl adjacent to an activating group) is 1. The monoisotopic (exact) mass is 304 g/mol. The number of carbonyl (C=O) groups is 2. The lowest BCUT2D eigenvalue weighted by molar-refractivity contribution is -0.146. The zero-order valence-electron chi connectivity index (χ0n) is 13.3. The van der Waals surface area contributed by atoms with Crippen LogP contribution in [0.1, 0.15) is 30.4 Å². The molecule has 0 saturated carbocycles. The predicted octanol–water partition coefficient (Wildman–Crippen LogP) is 1.89. The largest absolute Gasteiger partial charge is 0.480 e. The molecule has 1 saturated heterocycles. The summed E-state index contributed by atoms with van der Waals surface area (Å²) in [6.45, 7) is 3.44. The number of carboxylic acid groups (broad SMARTS) is 1. The fourth-order valence-electron chi connectivity index (χ4n) is 2.89. The number of hydrogen-bond donors (Lipinski definition) is 1. The summed E-state index contributed by atoms with van der Waals surface area (Å²) in [4.78, 5) is 27.1. The number of carbonyl (C=O) groups excluding carboxylic acids is 1. The second-order valence-electron chi connectivity index (χ2n) is 6.00. The van der Waals surface area contributed by atoms with Crippen LogP contribution in [0.25, 0.3) is 0 Å². The van der Waals surface area contributed by atoms with Gasteiger partial charge in [-0.25, -0.2) is 0 Å². The van der Waals surface area contributed by atoms with Crippen LogP contribution in [0.15, 0.2) is 24.3 Å². The molecule has 1 heterocycles. The molecule has 0 spiro atoms. The van der Waals surface area contributed by atoms with Gasteiger partial charge in [-0.05, 0) is 37.4 Å². The van der Waals surface area contributed by atoms with Crippen LogP contribution >= 0.6 is 0 Å². The van der Waals surface area contributed by atoms with Gasteiger partial charge in [-0.2, -0.15) is 0 Å². The van der Waals surface area contributed by atoms with Crippen LogP contribution in [0.5, 0.6) is 0 Å². The molecule has 0 bridgehead atoms. The van der Waals surface area contributed by atoms with E-state index >= 15 is 0 Å². The second-order valence-corrected chi connectivity index (χ2v) is 6.00. The van der Waals surface area contributed by atoms with E-state index in [0.29, 0.717) is 19.5 Å². The van der Waals surface area contributed by atoms with Crippen molar-refractivity contribution < 1.29 is 14.7 Å². The molecule has 5 nitrogen and oxygen atoms in total. The molecular weight excluding hydrogens is 280 g/mol. The molecule has 1 unspecified atom stereocenters. The summed E-state index contributed by atoms with van der Waals surface area (Å²) in [5.74, 6) is -0.856. The van der Waals surface area contributed by atoms with E-state index < -0.39 is 12.0 Å². The molecule has 1 aliphatic heterocycles. The molecule has 1 aromatic carbocycles. The summed E-state index contributed by atoms with van der Waals surface area (Å²) in [5.41, 5.74) is 2.27. The van der Waals surface area contributed by atoms with E-state index in [1.807, 2.05) is 31.2 Å². The molecule has 5 heteroatoms. The van der Waals surface area contributed by atoms with Crippen molar-refractivity contribution in [3.05, 3.63) is 35.4 Å². The number of piperidine rings is 1. The topological polar surface area (TPSA) is 60.9 Å². The smallest absolute Gasteiger partial charge is 0.320 e. The lowest BCUT2D eigenvalue weighted by atomic mass is 10.0. The second kappa shape index (κ2) is 7.40. The molecule has 1 aromatic rings. The zero-order valence-corrected chi connectivity index (χ0v) is 13.3. The van der Waals surface area contributed by atoms with Gasteiger partial charge in [-0.15, -0.1) is 0 Å². The van der Waals surface area contributed by atoms with Gasteiger partial charge in [0.15, 0.2) is 0 Å². The molecule has 0 radical (unpaired) electrons. The van der Waals surface area contributed by atoms with Crippen LogP contribution in [0, 0.1) is 6.92 Å². The highest BCUT2D eigenvalue weighted by Crippen LogP contribution is 2.17. The minimum atomic E-state index is -0.825. The summed E-state index contributed by atoms with van der Waals surface area (Å²) in [6, 6.07) is 7.46. The first-order chi connectivity index (χ1) is 10.5. The van der Waals surface area contributed by atoms with E-state index in [2.05, 4.69) is 0 Å². The molecule has 0 aliphatic carbocycles. The van der Waals surface area contributed by atoms with Crippen LogP contribution in [0.4, 0.5) is 0 Å². The number of hydrogen-bond acceptors (Lipinski definition) is 3. The Morgan fingerprint density at radius 1 is 1.32 bits per heavy atom. The molecule has 0 aromatic heterocycles. The van der Waals surface area contributed by atoms with Gasteiger partial charge in [0.1, 0.15) is 6.04 Å². The highest BCUT2D eigenvalue weighted by molar-refractivity contribution is 5.80. The summed E-state index contributed by atoms with van der Waals surface area (Å²) in [5, 5.41) is 9.27. The van der Waals surface area contributed by atoms with Crippen molar-refractivity contribution in [1.82, 2.24) is 9.80 Å². The van der Waals surface area contributed by atoms with E-state index in [-0.39, 0.29) is 12.5 Å². The Morgan fingerprint density at radius 3 is 2.73 bits per heavy atom. The van der Waals surface area contributed by atoms with Crippen LogP contribution in [0.2, 0.25) is 0 Å². The normalized spacial score (nSPS) is 18.9. The molecule has 2 rings (SSSR count). The van der Waals surface area contributed by atoms with E-state index in [4.69, 9.17) is 0 Å². The minimum Gasteiger partial charge on any atom is -0.480 e. The Balaban J connectivity index is 1.96. The maximum Gasteiger partial charge on any atom is 0.320 e. The van der Waals surface area contributed by atoms with Crippen LogP contribution in [-0.4, -0.2) is 53.0 Å². The Labute approximate surface area is 131 Å². The van der Waals surface area contributed by atoms with Gasteiger partial charge < -0.3 is 10.0 Å². The van der Waals surface area contributed by atoms with Gasteiger partial charge in [0.25, 0.3) is 0 Å². The van der Waals surface area contributed by atoms with E-state index in [0.717, 1.165) is 24.0 Å². The first-order valence-electron chi connectivity index (χ1n) is 7.74. The Morgan fingerprint density at radius 2 is 2.05 bits per heavy atom. The number of nitrogens with zero attached hydrogens (tertiary/aromatic N) is 2. The Hall–Kier alpha value is -1.88. The molecule has 1 atom stereocenters. The summed E-state index contributed by atoms with van der Waals surface area (Å²) >= 11 is 0. The van der Waals surface area contributed by atoms with Crippen molar-refractivity contribution >= 4 is 11.9 Å². The third kappa shape index (κ3) is 4.07. The maximum absolute atomic E-state index is 12.4.